The summed E-state index contributed by atoms with van der Waals surface area (Å²) in [5.41, 5.74) is 0.642. The lowest BCUT2D eigenvalue weighted by Crippen LogP contribution is -2.15. The molecule has 3 rings (SSSR count). The van der Waals surface area contributed by atoms with Crippen LogP contribution < -0.4 is 15.7 Å². The highest BCUT2D eigenvalue weighted by atomic mass is 16.5. The fraction of sp³-hybridized carbons (Fsp3) is 0.0500. The van der Waals surface area contributed by atoms with Crippen LogP contribution in [0.25, 0.3) is 17.0 Å². The molecule has 0 saturated heterocycles. The van der Waals surface area contributed by atoms with E-state index in [4.69, 9.17) is 14.4 Å². The number of ether oxygens (including phenoxy) is 1. The Labute approximate surface area is 153 Å². The molecule has 0 aliphatic rings. The zero-order valence-corrected chi connectivity index (χ0v) is 14.2. The number of phenolic OH excluding ortho intramolecular Hbond substituents is 1. The van der Waals surface area contributed by atoms with Crippen molar-refractivity contribution in [1.29, 1.82) is 5.26 Å². The van der Waals surface area contributed by atoms with Gasteiger partial charge in [0.1, 0.15) is 11.3 Å². The second kappa shape index (κ2) is 7.45. The number of nitrogens with zero attached hydrogens (tertiary/aromatic N) is 1. The molecule has 134 valence electrons. The molecule has 2 aromatic carbocycles. The third-order valence-electron chi connectivity index (χ3n) is 3.76. The highest BCUT2D eigenvalue weighted by Gasteiger charge is 2.11. The Hall–Kier alpha value is -4.05. The summed E-state index contributed by atoms with van der Waals surface area (Å²) in [4.78, 5) is 24.1. The van der Waals surface area contributed by atoms with Crippen molar-refractivity contribution >= 4 is 28.6 Å². The minimum atomic E-state index is -0.743. The summed E-state index contributed by atoms with van der Waals surface area (Å²) in [6.45, 7) is 0. The Morgan fingerprint density at radius 1 is 1.26 bits per heavy atom. The maximum Gasteiger partial charge on any atom is 0.360 e. The first-order valence-electron chi connectivity index (χ1n) is 7.84. The second-order valence-corrected chi connectivity index (χ2v) is 5.57. The largest absolute Gasteiger partial charge is 0.504 e. The van der Waals surface area contributed by atoms with Gasteiger partial charge in [-0.25, -0.2) is 4.79 Å². The molecule has 0 fully saturated rings. The summed E-state index contributed by atoms with van der Waals surface area (Å²) < 4.78 is 10.1. The van der Waals surface area contributed by atoms with Gasteiger partial charge < -0.3 is 19.6 Å². The van der Waals surface area contributed by atoms with E-state index < -0.39 is 11.5 Å². The monoisotopic (exact) mass is 362 g/mol. The number of amides is 1. The van der Waals surface area contributed by atoms with Gasteiger partial charge in [0.05, 0.1) is 18.7 Å². The molecule has 0 bridgehead atoms. The Kier molecular flexibility index (Phi) is 4.90. The van der Waals surface area contributed by atoms with Gasteiger partial charge in [0.15, 0.2) is 11.5 Å². The smallest absolute Gasteiger partial charge is 0.360 e. The Balaban J connectivity index is 1.82. The predicted molar refractivity (Wildman–Crippen MR) is 99.5 cm³/mol. The highest BCUT2D eigenvalue weighted by molar-refractivity contribution is 6.02. The minimum Gasteiger partial charge on any atom is -0.504 e. The normalized spacial score (nSPS) is 10.7. The van der Waals surface area contributed by atoms with Gasteiger partial charge in [-0.1, -0.05) is 12.1 Å². The molecule has 0 saturated carbocycles. The number of methoxy groups -OCH3 is 1. The molecule has 1 amide bonds. The van der Waals surface area contributed by atoms with Crippen molar-refractivity contribution in [3.8, 4) is 17.6 Å². The van der Waals surface area contributed by atoms with E-state index in [0.29, 0.717) is 10.9 Å². The Morgan fingerprint density at radius 2 is 2.00 bits per heavy atom. The van der Waals surface area contributed by atoms with Crippen LogP contribution in [0.2, 0.25) is 0 Å². The van der Waals surface area contributed by atoms with Crippen molar-refractivity contribution in [3.05, 3.63) is 70.1 Å². The number of fused-ring (bicyclic) bond motifs is 1. The maximum absolute atomic E-state index is 12.1. The molecule has 2 N–H and O–H groups in total. The molecule has 1 aromatic heterocycles. The fourth-order valence-corrected chi connectivity index (χ4v) is 2.40. The number of rotatable bonds is 4. The maximum atomic E-state index is 12.1. The van der Waals surface area contributed by atoms with Gasteiger partial charge in [0.2, 0.25) is 5.91 Å². The Morgan fingerprint density at radius 3 is 2.67 bits per heavy atom. The van der Waals surface area contributed by atoms with E-state index in [2.05, 4.69) is 5.32 Å². The summed E-state index contributed by atoms with van der Waals surface area (Å²) in [5, 5.41) is 21.5. The van der Waals surface area contributed by atoms with Crippen LogP contribution in [0.4, 0.5) is 5.69 Å². The van der Waals surface area contributed by atoms with Crippen LogP contribution in [0.15, 0.2) is 57.8 Å². The molecule has 7 nitrogen and oxygen atoms in total. The summed E-state index contributed by atoms with van der Waals surface area (Å²) in [6, 6.07) is 12.9. The molecular formula is C20H14N2O5. The van der Waals surface area contributed by atoms with E-state index in [9.17, 15) is 14.7 Å². The zero-order valence-electron chi connectivity index (χ0n) is 14.2. The molecule has 3 aromatic rings. The van der Waals surface area contributed by atoms with Crippen molar-refractivity contribution in [2.45, 2.75) is 0 Å². The molecule has 27 heavy (non-hydrogen) atoms. The number of nitriles is 1. The van der Waals surface area contributed by atoms with Gasteiger partial charge in [-0.15, -0.1) is 0 Å². The lowest BCUT2D eigenvalue weighted by Gasteiger charge is -2.06. The van der Waals surface area contributed by atoms with Gasteiger partial charge in [0, 0.05) is 17.5 Å². The van der Waals surface area contributed by atoms with Crippen LogP contribution in [0.3, 0.4) is 0 Å². The number of anilines is 1. The first-order chi connectivity index (χ1) is 13.0. The van der Waals surface area contributed by atoms with E-state index in [0.717, 1.165) is 5.56 Å². The van der Waals surface area contributed by atoms with Gasteiger partial charge in [-0.3, -0.25) is 4.79 Å². The third-order valence-corrected chi connectivity index (χ3v) is 3.76. The van der Waals surface area contributed by atoms with E-state index in [1.807, 2.05) is 6.07 Å². The van der Waals surface area contributed by atoms with Crippen LogP contribution in [-0.2, 0) is 4.79 Å². The van der Waals surface area contributed by atoms with Crippen LogP contribution in [0.5, 0.6) is 11.5 Å². The summed E-state index contributed by atoms with van der Waals surface area (Å²) in [7, 11) is 1.40. The van der Waals surface area contributed by atoms with Crippen molar-refractivity contribution in [3.63, 3.8) is 0 Å². The van der Waals surface area contributed by atoms with E-state index in [1.165, 1.54) is 31.4 Å². The second-order valence-electron chi connectivity index (χ2n) is 5.57. The molecule has 0 spiro atoms. The average molecular weight is 362 g/mol. The number of carbonyl (C=O) groups is 1. The number of phenols is 1. The molecule has 0 aliphatic heterocycles. The number of aromatic hydroxyl groups is 1. The minimum absolute atomic E-state index is 0.0373. The zero-order chi connectivity index (χ0) is 19.4. The highest BCUT2D eigenvalue weighted by Crippen LogP contribution is 2.31. The molecule has 1 heterocycles. The SMILES string of the molecule is COc1cc2cc(NC(=O)C=Cc3ccc(C#N)cc3)c(=O)oc2cc1O. The van der Waals surface area contributed by atoms with Crippen molar-refractivity contribution in [2.24, 2.45) is 0 Å². The van der Waals surface area contributed by atoms with Gasteiger partial charge >= 0.3 is 5.63 Å². The van der Waals surface area contributed by atoms with Gasteiger partial charge in [0.25, 0.3) is 0 Å². The van der Waals surface area contributed by atoms with Crippen LogP contribution in [0, 0.1) is 11.3 Å². The standard InChI is InChI=1S/C20H14N2O5/c1-26-18-9-14-8-15(20(25)27-17(14)10-16(18)23)22-19(24)7-6-12-2-4-13(11-21)5-3-12/h2-10,23H,1H3,(H,22,24). The number of hydrogen-bond acceptors (Lipinski definition) is 6. The quantitative estimate of drug-likeness (QED) is 0.545. The summed E-state index contributed by atoms with van der Waals surface area (Å²) in [6.07, 6.45) is 2.82. The summed E-state index contributed by atoms with van der Waals surface area (Å²) >= 11 is 0. The Bertz CT molecular complexity index is 1140. The lowest BCUT2D eigenvalue weighted by atomic mass is 10.1. The molecular weight excluding hydrogens is 348 g/mol. The fourth-order valence-electron chi connectivity index (χ4n) is 2.40. The van der Waals surface area contributed by atoms with Crippen molar-refractivity contribution < 1.29 is 19.1 Å². The first kappa shape index (κ1) is 17.8. The summed E-state index contributed by atoms with van der Waals surface area (Å²) in [5.74, 6) is -0.457. The number of carbonyl (C=O) groups excluding carboxylic acids is 1. The molecule has 7 heteroatoms. The van der Waals surface area contributed by atoms with Crippen molar-refractivity contribution in [1.82, 2.24) is 0 Å². The van der Waals surface area contributed by atoms with E-state index in [1.54, 1.807) is 30.3 Å². The first-order valence-corrected chi connectivity index (χ1v) is 7.84. The van der Waals surface area contributed by atoms with Crippen LogP contribution in [0.1, 0.15) is 11.1 Å². The molecule has 0 radical (unpaired) electrons. The molecule has 0 atom stereocenters. The van der Waals surface area contributed by atoms with E-state index in [-0.39, 0.29) is 22.8 Å². The van der Waals surface area contributed by atoms with Crippen LogP contribution >= 0.6 is 0 Å². The number of nitrogens with one attached hydrogen (secondary N) is 1. The van der Waals surface area contributed by atoms with Crippen molar-refractivity contribution in [2.75, 3.05) is 12.4 Å². The molecule has 0 aliphatic carbocycles. The van der Waals surface area contributed by atoms with Gasteiger partial charge in [-0.2, -0.15) is 5.26 Å². The lowest BCUT2D eigenvalue weighted by molar-refractivity contribution is -0.111. The number of hydrogen-bond donors (Lipinski definition) is 2. The third kappa shape index (κ3) is 3.96. The number of benzene rings is 2. The van der Waals surface area contributed by atoms with Gasteiger partial charge in [-0.05, 0) is 35.9 Å². The van der Waals surface area contributed by atoms with E-state index >= 15 is 0 Å². The van der Waals surface area contributed by atoms with Crippen LogP contribution in [-0.4, -0.2) is 18.1 Å². The molecule has 0 unspecified atom stereocenters. The predicted octanol–water partition coefficient (Wildman–Crippen LogP) is 3.03. The average Bonchev–Trinajstić information content (AvgIpc) is 2.67. The topological polar surface area (TPSA) is 113 Å².